The molecule has 0 saturated heterocycles. The number of nitrogen functional groups attached to an aromatic ring is 1. The third-order valence-electron chi connectivity index (χ3n) is 3.88. The minimum absolute atomic E-state index is 0.0651. The first-order chi connectivity index (χ1) is 12.1. The molecule has 3 heterocycles. The van der Waals surface area contributed by atoms with Gasteiger partial charge in [-0.15, -0.1) is 0 Å². The van der Waals surface area contributed by atoms with Crippen LogP contribution in [0.4, 0.5) is 5.13 Å². The van der Waals surface area contributed by atoms with E-state index in [1.54, 1.807) is 12.5 Å². The van der Waals surface area contributed by atoms with Crippen LogP contribution in [0, 0.1) is 0 Å². The molecule has 1 amide bonds. The molecule has 0 radical (unpaired) electrons. The molecule has 126 valence electrons. The number of carbonyl (C=O) groups is 1. The van der Waals surface area contributed by atoms with Crippen LogP contribution in [-0.4, -0.2) is 25.4 Å². The van der Waals surface area contributed by atoms with E-state index in [0.717, 1.165) is 32.5 Å². The average molecular weight is 352 g/mol. The molecule has 0 fully saturated rings. The van der Waals surface area contributed by atoms with Crippen molar-refractivity contribution in [3.8, 4) is 0 Å². The Balaban J connectivity index is 1.61. The van der Waals surface area contributed by atoms with E-state index in [1.165, 1.54) is 18.3 Å². The van der Waals surface area contributed by atoms with E-state index in [0.29, 0.717) is 18.2 Å². The van der Waals surface area contributed by atoms with Gasteiger partial charge in [0.05, 0.1) is 23.1 Å². The van der Waals surface area contributed by atoms with Crippen LogP contribution in [0.3, 0.4) is 0 Å². The van der Waals surface area contributed by atoms with Crippen LogP contribution >= 0.6 is 11.3 Å². The third-order valence-corrected chi connectivity index (χ3v) is 4.72. The van der Waals surface area contributed by atoms with Crippen LogP contribution in [0.15, 0.2) is 36.8 Å². The van der Waals surface area contributed by atoms with Gasteiger partial charge in [0.15, 0.2) is 10.8 Å². The fourth-order valence-corrected chi connectivity index (χ4v) is 3.51. The molecule has 0 aliphatic heterocycles. The second-order valence-corrected chi connectivity index (χ2v) is 6.88. The molecule has 3 aromatic heterocycles. The molecule has 0 unspecified atom stereocenters. The summed E-state index contributed by atoms with van der Waals surface area (Å²) in [6.45, 7) is 2.62. The molecule has 0 aliphatic rings. The van der Waals surface area contributed by atoms with Gasteiger partial charge in [0.1, 0.15) is 5.52 Å². The van der Waals surface area contributed by atoms with Crippen LogP contribution < -0.4 is 11.1 Å². The highest BCUT2D eigenvalue weighted by Gasteiger charge is 2.08. The summed E-state index contributed by atoms with van der Waals surface area (Å²) < 4.78 is 3.08. The van der Waals surface area contributed by atoms with Crippen LogP contribution in [0.1, 0.15) is 18.1 Å². The third kappa shape index (κ3) is 3.16. The first-order valence-corrected chi connectivity index (χ1v) is 8.59. The SMILES string of the molecule is CC(=O)NCc1cnc2c(c1)ncn2Cc1ccc2nc(N)sc2c1. The van der Waals surface area contributed by atoms with E-state index in [9.17, 15) is 4.79 Å². The topological polar surface area (TPSA) is 98.7 Å². The van der Waals surface area contributed by atoms with Gasteiger partial charge in [-0.05, 0) is 29.3 Å². The molecule has 7 nitrogen and oxygen atoms in total. The monoisotopic (exact) mass is 352 g/mol. The van der Waals surface area contributed by atoms with Crippen LogP contribution in [0.2, 0.25) is 0 Å². The Morgan fingerprint density at radius 3 is 2.96 bits per heavy atom. The van der Waals surface area contributed by atoms with Gasteiger partial charge in [-0.1, -0.05) is 17.4 Å². The van der Waals surface area contributed by atoms with Crippen molar-refractivity contribution in [3.63, 3.8) is 0 Å². The molecule has 4 rings (SSSR count). The summed E-state index contributed by atoms with van der Waals surface area (Å²) in [6, 6.07) is 8.07. The molecular formula is C17H16N6OS. The Bertz CT molecular complexity index is 1080. The molecule has 8 heteroatoms. The Morgan fingerprint density at radius 2 is 2.12 bits per heavy atom. The quantitative estimate of drug-likeness (QED) is 0.587. The minimum atomic E-state index is -0.0651. The second kappa shape index (κ2) is 6.14. The molecule has 0 bridgehead atoms. The van der Waals surface area contributed by atoms with Gasteiger partial charge in [0, 0.05) is 19.7 Å². The van der Waals surface area contributed by atoms with Crippen molar-refractivity contribution >= 4 is 43.8 Å². The lowest BCUT2D eigenvalue weighted by Gasteiger charge is -2.05. The number of nitrogens with two attached hydrogens (primary N) is 1. The number of nitrogens with one attached hydrogen (secondary N) is 1. The molecule has 3 N–H and O–H groups in total. The summed E-state index contributed by atoms with van der Waals surface area (Å²) in [5.41, 5.74) is 10.4. The Kier molecular flexibility index (Phi) is 3.81. The van der Waals surface area contributed by atoms with Crippen LogP contribution in [-0.2, 0) is 17.9 Å². The number of fused-ring (bicyclic) bond motifs is 2. The summed E-state index contributed by atoms with van der Waals surface area (Å²) in [6.07, 6.45) is 3.55. The van der Waals surface area contributed by atoms with E-state index in [4.69, 9.17) is 5.73 Å². The van der Waals surface area contributed by atoms with Crippen LogP contribution in [0.25, 0.3) is 21.4 Å². The number of pyridine rings is 1. The molecule has 0 atom stereocenters. The van der Waals surface area contributed by atoms with Crippen molar-refractivity contribution in [2.24, 2.45) is 0 Å². The number of benzene rings is 1. The maximum Gasteiger partial charge on any atom is 0.217 e. The van der Waals surface area contributed by atoms with Crippen molar-refractivity contribution < 1.29 is 4.79 Å². The summed E-state index contributed by atoms with van der Waals surface area (Å²) in [4.78, 5) is 24.2. The number of rotatable bonds is 4. The zero-order valence-electron chi connectivity index (χ0n) is 13.6. The smallest absolute Gasteiger partial charge is 0.217 e. The Morgan fingerprint density at radius 1 is 1.24 bits per heavy atom. The average Bonchev–Trinajstić information content (AvgIpc) is 3.15. The predicted molar refractivity (Wildman–Crippen MR) is 98.2 cm³/mol. The number of aromatic nitrogens is 4. The van der Waals surface area contributed by atoms with Crippen molar-refractivity contribution in [1.29, 1.82) is 0 Å². The fourth-order valence-electron chi connectivity index (χ4n) is 2.71. The highest BCUT2D eigenvalue weighted by atomic mass is 32.1. The summed E-state index contributed by atoms with van der Waals surface area (Å²) >= 11 is 1.48. The highest BCUT2D eigenvalue weighted by Crippen LogP contribution is 2.25. The maximum absolute atomic E-state index is 11.0. The fraction of sp³-hybridized carbons (Fsp3) is 0.176. The summed E-state index contributed by atoms with van der Waals surface area (Å²) in [5, 5.41) is 3.34. The lowest BCUT2D eigenvalue weighted by atomic mass is 10.2. The second-order valence-electron chi connectivity index (χ2n) is 5.82. The molecule has 0 aliphatic carbocycles. The zero-order valence-corrected chi connectivity index (χ0v) is 14.4. The maximum atomic E-state index is 11.0. The summed E-state index contributed by atoms with van der Waals surface area (Å²) in [7, 11) is 0. The minimum Gasteiger partial charge on any atom is -0.375 e. The van der Waals surface area contributed by atoms with Crippen molar-refractivity contribution in [2.45, 2.75) is 20.0 Å². The molecule has 4 aromatic rings. The number of nitrogens with zero attached hydrogens (tertiary/aromatic N) is 4. The highest BCUT2D eigenvalue weighted by molar-refractivity contribution is 7.22. The van der Waals surface area contributed by atoms with Gasteiger partial charge in [-0.3, -0.25) is 4.79 Å². The van der Waals surface area contributed by atoms with Crippen molar-refractivity contribution in [3.05, 3.63) is 47.9 Å². The summed E-state index contributed by atoms with van der Waals surface area (Å²) in [5.74, 6) is -0.0651. The van der Waals surface area contributed by atoms with Gasteiger partial charge in [0.25, 0.3) is 0 Å². The zero-order chi connectivity index (χ0) is 17.4. The number of carbonyl (C=O) groups excluding carboxylic acids is 1. The molecule has 25 heavy (non-hydrogen) atoms. The van der Waals surface area contributed by atoms with Gasteiger partial charge in [0.2, 0.25) is 5.91 Å². The number of thiazole rings is 1. The van der Waals surface area contributed by atoms with Gasteiger partial charge >= 0.3 is 0 Å². The molecule has 1 aromatic carbocycles. The normalized spacial score (nSPS) is 11.2. The Labute approximate surface area is 147 Å². The van der Waals surface area contributed by atoms with E-state index in [2.05, 4.69) is 26.3 Å². The lowest BCUT2D eigenvalue weighted by Crippen LogP contribution is -2.18. The first kappa shape index (κ1) is 15.5. The predicted octanol–water partition coefficient (Wildman–Crippen LogP) is 2.31. The van der Waals surface area contributed by atoms with Gasteiger partial charge < -0.3 is 15.6 Å². The van der Waals surface area contributed by atoms with Crippen molar-refractivity contribution in [1.82, 2.24) is 24.8 Å². The molecule has 0 spiro atoms. The first-order valence-electron chi connectivity index (χ1n) is 7.77. The van der Waals surface area contributed by atoms with E-state index < -0.39 is 0 Å². The van der Waals surface area contributed by atoms with Gasteiger partial charge in [-0.2, -0.15) is 0 Å². The number of anilines is 1. The van der Waals surface area contributed by atoms with Gasteiger partial charge in [-0.25, -0.2) is 15.0 Å². The lowest BCUT2D eigenvalue weighted by molar-refractivity contribution is -0.119. The Hall–Kier alpha value is -3.00. The van der Waals surface area contributed by atoms with Crippen molar-refractivity contribution in [2.75, 3.05) is 5.73 Å². The number of hydrogen-bond donors (Lipinski definition) is 2. The molecular weight excluding hydrogens is 336 g/mol. The number of imidazole rings is 1. The standard InChI is InChI=1S/C17H16N6OS/c1-10(24)19-6-12-4-14-16(20-7-12)23(9-21-14)8-11-2-3-13-15(5-11)25-17(18)22-13/h2-5,7,9H,6,8H2,1H3,(H2,18,22)(H,19,24). The number of hydrogen-bond acceptors (Lipinski definition) is 6. The van der Waals surface area contributed by atoms with E-state index in [1.807, 2.05) is 22.8 Å². The largest absolute Gasteiger partial charge is 0.375 e. The molecule has 0 saturated carbocycles. The van der Waals surface area contributed by atoms with Crippen LogP contribution in [0.5, 0.6) is 0 Å². The van der Waals surface area contributed by atoms with E-state index in [-0.39, 0.29) is 5.91 Å². The van der Waals surface area contributed by atoms with E-state index >= 15 is 0 Å². The number of amides is 1.